The average molecular weight is 398 g/mol. The minimum absolute atomic E-state index is 0.0266. The molecule has 28 heavy (non-hydrogen) atoms. The first-order chi connectivity index (χ1) is 13.7. The van der Waals surface area contributed by atoms with E-state index in [1.807, 2.05) is 6.92 Å². The molecule has 4 rings (SSSR count). The zero-order valence-electron chi connectivity index (χ0n) is 15.8. The molecule has 2 heterocycles. The van der Waals surface area contributed by atoms with E-state index in [1.165, 1.54) is 10.9 Å². The highest BCUT2D eigenvalue weighted by Crippen LogP contribution is 2.28. The Bertz CT molecular complexity index is 1050. The number of esters is 1. The highest BCUT2D eigenvalue weighted by atomic mass is 32.1. The van der Waals surface area contributed by atoms with Crippen LogP contribution in [0.25, 0.3) is 4.96 Å². The number of benzene rings is 1. The fourth-order valence-corrected chi connectivity index (χ4v) is 4.58. The van der Waals surface area contributed by atoms with Gasteiger partial charge in [0.05, 0.1) is 17.9 Å². The number of carbonyl (C=O) groups excluding carboxylic acids is 1. The lowest BCUT2D eigenvalue weighted by Gasteiger charge is -2.10. The van der Waals surface area contributed by atoms with Crippen molar-refractivity contribution in [3.63, 3.8) is 0 Å². The lowest BCUT2D eigenvalue weighted by atomic mass is 10.0. The number of hydrogen-bond acceptors (Lipinski definition) is 6. The lowest BCUT2D eigenvalue weighted by molar-refractivity contribution is 0.0467. The summed E-state index contributed by atoms with van der Waals surface area (Å²) in [4.78, 5) is 31.3. The average Bonchev–Trinajstić information content (AvgIpc) is 3.09. The van der Waals surface area contributed by atoms with E-state index in [1.54, 1.807) is 40.0 Å². The molecule has 0 fully saturated rings. The number of aryl methyl sites for hydroxylation is 2. The van der Waals surface area contributed by atoms with Crippen LogP contribution < -0.4 is 10.3 Å². The summed E-state index contributed by atoms with van der Waals surface area (Å²) in [5, 5.41) is 0. The maximum absolute atomic E-state index is 12.5. The summed E-state index contributed by atoms with van der Waals surface area (Å²) in [6, 6.07) is 8.31. The minimum atomic E-state index is -0.450. The van der Waals surface area contributed by atoms with Gasteiger partial charge in [-0.25, -0.2) is 9.78 Å². The highest BCUT2D eigenvalue weighted by molar-refractivity contribution is 7.17. The van der Waals surface area contributed by atoms with Crippen LogP contribution in [0.4, 0.5) is 0 Å². The number of ether oxygens (including phenoxy) is 2. The van der Waals surface area contributed by atoms with E-state index >= 15 is 0 Å². The molecule has 0 saturated carbocycles. The van der Waals surface area contributed by atoms with Crippen LogP contribution in [-0.4, -0.2) is 22.0 Å². The molecule has 146 valence electrons. The number of carbonyl (C=O) groups is 1. The summed E-state index contributed by atoms with van der Waals surface area (Å²) in [5.74, 6) is 0.273. The topological polar surface area (TPSA) is 69.9 Å². The van der Waals surface area contributed by atoms with Crippen molar-refractivity contribution in [3.05, 3.63) is 62.5 Å². The minimum Gasteiger partial charge on any atom is -0.494 e. The largest absolute Gasteiger partial charge is 0.494 e. The highest BCUT2D eigenvalue weighted by Gasteiger charge is 2.19. The predicted octanol–water partition coefficient (Wildman–Crippen LogP) is 3.78. The number of thiazole rings is 1. The van der Waals surface area contributed by atoms with Gasteiger partial charge in [0.1, 0.15) is 12.4 Å². The van der Waals surface area contributed by atoms with Crippen molar-refractivity contribution in [2.24, 2.45) is 0 Å². The van der Waals surface area contributed by atoms with Gasteiger partial charge < -0.3 is 9.47 Å². The molecule has 0 atom stereocenters. The normalized spacial score (nSPS) is 13.3. The molecule has 0 spiro atoms. The molecule has 2 aromatic heterocycles. The molecule has 0 N–H and O–H groups in total. The maximum atomic E-state index is 12.5. The van der Waals surface area contributed by atoms with E-state index < -0.39 is 5.97 Å². The number of nitrogens with zero attached hydrogens (tertiary/aromatic N) is 2. The van der Waals surface area contributed by atoms with Crippen molar-refractivity contribution in [1.82, 2.24) is 9.38 Å². The van der Waals surface area contributed by atoms with Crippen LogP contribution in [0.15, 0.2) is 35.1 Å². The van der Waals surface area contributed by atoms with Crippen LogP contribution in [0, 0.1) is 0 Å². The van der Waals surface area contributed by atoms with Crippen molar-refractivity contribution in [2.45, 2.75) is 45.6 Å². The van der Waals surface area contributed by atoms with Crippen molar-refractivity contribution in [1.29, 1.82) is 0 Å². The molecule has 0 radical (unpaired) electrons. The zero-order chi connectivity index (χ0) is 19.5. The van der Waals surface area contributed by atoms with Gasteiger partial charge in [0, 0.05) is 16.6 Å². The van der Waals surface area contributed by atoms with Crippen molar-refractivity contribution in [3.8, 4) is 5.75 Å². The monoisotopic (exact) mass is 398 g/mol. The van der Waals surface area contributed by atoms with E-state index in [2.05, 4.69) is 4.98 Å². The summed E-state index contributed by atoms with van der Waals surface area (Å²) in [6.07, 6.45) is 5.11. The van der Waals surface area contributed by atoms with Gasteiger partial charge in [0.15, 0.2) is 4.96 Å². The molecule has 7 heteroatoms. The Hall–Kier alpha value is -2.67. The molecule has 1 aliphatic rings. The third-order valence-electron chi connectivity index (χ3n) is 4.73. The van der Waals surface area contributed by atoms with Gasteiger partial charge in [-0.2, -0.15) is 0 Å². The first-order valence-corrected chi connectivity index (χ1v) is 10.4. The van der Waals surface area contributed by atoms with E-state index in [0.29, 0.717) is 22.8 Å². The molecule has 3 aromatic rings. The second-order valence-electron chi connectivity index (χ2n) is 6.83. The first kappa shape index (κ1) is 18.7. The van der Waals surface area contributed by atoms with Gasteiger partial charge in [-0.1, -0.05) is 6.92 Å². The number of rotatable bonds is 6. The molecule has 0 aliphatic heterocycles. The third kappa shape index (κ3) is 3.80. The van der Waals surface area contributed by atoms with Crippen molar-refractivity contribution < 1.29 is 14.3 Å². The lowest BCUT2D eigenvalue weighted by Crippen LogP contribution is -2.18. The smallest absolute Gasteiger partial charge is 0.338 e. The third-order valence-corrected chi connectivity index (χ3v) is 5.87. The summed E-state index contributed by atoms with van der Waals surface area (Å²) in [5.41, 5.74) is 1.90. The molecule has 0 saturated heterocycles. The SMILES string of the molecule is CCCOc1ccc(C(=O)OCc2cc(=O)n3c4c(sc3n2)CCCC4)cc1. The summed E-state index contributed by atoms with van der Waals surface area (Å²) >= 11 is 1.56. The second kappa shape index (κ2) is 8.14. The molecule has 0 unspecified atom stereocenters. The van der Waals surface area contributed by atoms with E-state index in [4.69, 9.17) is 9.47 Å². The maximum Gasteiger partial charge on any atom is 0.338 e. The molecule has 0 amide bonds. The Kier molecular flexibility index (Phi) is 5.43. The van der Waals surface area contributed by atoms with Crippen LogP contribution >= 0.6 is 11.3 Å². The molecule has 6 nitrogen and oxygen atoms in total. The molecule has 1 aromatic carbocycles. The van der Waals surface area contributed by atoms with Crippen LogP contribution in [0.2, 0.25) is 0 Å². The summed E-state index contributed by atoms with van der Waals surface area (Å²) in [6.45, 7) is 2.65. The number of hydrogen-bond donors (Lipinski definition) is 0. The molecule has 0 bridgehead atoms. The molecule has 1 aliphatic carbocycles. The Morgan fingerprint density at radius 1 is 1.21 bits per heavy atom. The van der Waals surface area contributed by atoms with Crippen LogP contribution in [0.3, 0.4) is 0 Å². The fraction of sp³-hybridized carbons (Fsp3) is 0.381. The van der Waals surface area contributed by atoms with Crippen LogP contribution in [-0.2, 0) is 24.2 Å². The van der Waals surface area contributed by atoms with Crippen molar-refractivity contribution in [2.75, 3.05) is 6.61 Å². The van der Waals surface area contributed by atoms with Gasteiger partial charge in [-0.3, -0.25) is 9.20 Å². The van der Waals surface area contributed by atoms with Gasteiger partial charge in [0.2, 0.25) is 0 Å². The van der Waals surface area contributed by atoms with Crippen molar-refractivity contribution >= 4 is 22.3 Å². The summed E-state index contributed by atoms with van der Waals surface area (Å²) in [7, 11) is 0. The van der Waals surface area contributed by atoms with Gasteiger partial charge >= 0.3 is 5.97 Å². The van der Waals surface area contributed by atoms with Gasteiger partial charge in [0.25, 0.3) is 5.56 Å². The Morgan fingerprint density at radius 3 is 2.79 bits per heavy atom. The van der Waals surface area contributed by atoms with Gasteiger partial charge in [-0.05, 0) is 56.4 Å². The van der Waals surface area contributed by atoms with Gasteiger partial charge in [-0.15, -0.1) is 11.3 Å². The zero-order valence-corrected chi connectivity index (χ0v) is 16.6. The Morgan fingerprint density at radius 2 is 2.00 bits per heavy atom. The quantitative estimate of drug-likeness (QED) is 0.591. The Balaban J connectivity index is 1.46. The number of fused-ring (bicyclic) bond motifs is 3. The second-order valence-corrected chi connectivity index (χ2v) is 7.89. The number of aromatic nitrogens is 2. The molecular weight excluding hydrogens is 376 g/mol. The van der Waals surface area contributed by atoms with E-state index in [0.717, 1.165) is 43.5 Å². The summed E-state index contributed by atoms with van der Waals surface area (Å²) < 4.78 is 12.6. The first-order valence-electron chi connectivity index (χ1n) is 9.59. The Labute approximate surface area is 166 Å². The molecular formula is C21H22N2O4S. The van der Waals surface area contributed by atoms with Crippen LogP contribution in [0.5, 0.6) is 5.75 Å². The predicted molar refractivity (Wildman–Crippen MR) is 107 cm³/mol. The van der Waals surface area contributed by atoms with E-state index in [-0.39, 0.29) is 12.2 Å². The standard InChI is InChI=1S/C21H22N2O4S/c1-2-11-26-16-9-7-14(8-10-16)20(25)27-13-15-12-19(24)23-17-5-3-4-6-18(17)28-21(23)22-15/h7-10,12H,2-6,11,13H2,1H3. The fourth-order valence-electron chi connectivity index (χ4n) is 3.35. The van der Waals surface area contributed by atoms with E-state index in [9.17, 15) is 9.59 Å². The van der Waals surface area contributed by atoms with Crippen LogP contribution in [0.1, 0.15) is 52.8 Å².